The molecule has 0 spiro atoms. The van der Waals surface area contributed by atoms with Gasteiger partial charge in [0.25, 0.3) is 0 Å². The van der Waals surface area contributed by atoms with E-state index >= 15 is 0 Å². The second-order valence-electron chi connectivity index (χ2n) is 14.1. The van der Waals surface area contributed by atoms with Gasteiger partial charge in [-0.3, -0.25) is 4.79 Å². The highest BCUT2D eigenvalue weighted by Crippen LogP contribution is 2.61. The van der Waals surface area contributed by atoms with E-state index in [1.807, 2.05) is 19.9 Å². The molecule has 11 heteroatoms. The van der Waals surface area contributed by atoms with Crippen LogP contribution >= 0.6 is 0 Å². The summed E-state index contributed by atoms with van der Waals surface area (Å²) >= 11 is 0. The van der Waals surface area contributed by atoms with Crippen LogP contribution in [0.5, 0.6) is 51.7 Å². The van der Waals surface area contributed by atoms with E-state index in [9.17, 15) is 45.6 Å². The lowest BCUT2D eigenvalue weighted by Gasteiger charge is -2.39. The van der Waals surface area contributed by atoms with Crippen LogP contribution in [-0.2, 0) is 4.74 Å². The molecule has 6 unspecified atom stereocenters. The number of allylic oxidation sites excluding steroid dienone is 4. The Morgan fingerprint density at radius 2 is 1.35 bits per heavy atom. The van der Waals surface area contributed by atoms with Gasteiger partial charge in [0.05, 0.1) is 12.5 Å². The van der Waals surface area contributed by atoms with Gasteiger partial charge in [-0.05, 0) is 74.9 Å². The number of ketones is 1. The number of ether oxygens (including phenoxy) is 2. The zero-order chi connectivity index (χ0) is 37.0. The Labute approximate surface area is 299 Å². The van der Waals surface area contributed by atoms with Crippen LogP contribution in [0.15, 0.2) is 84.0 Å². The van der Waals surface area contributed by atoms with E-state index in [2.05, 4.69) is 6.08 Å². The number of phenols is 8. The number of fused-ring (bicyclic) bond motifs is 1. The molecule has 0 amide bonds. The smallest absolute Gasteiger partial charge is 0.174 e. The van der Waals surface area contributed by atoms with Gasteiger partial charge in [0, 0.05) is 52.8 Å². The largest absolute Gasteiger partial charge is 0.508 e. The predicted molar refractivity (Wildman–Crippen MR) is 189 cm³/mol. The summed E-state index contributed by atoms with van der Waals surface area (Å²) in [7, 11) is 0. The summed E-state index contributed by atoms with van der Waals surface area (Å²) in [6.07, 6.45) is 3.45. The average Bonchev–Trinajstić information content (AvgIpc) is 3.84. The molecule has 2 heterocycles. The Bertz CT molecular complexity index is 2130. The maximum atomic E-state index is 13.8. The first-order valence-corrected chi connectivity index (χ1v) is 17.1. The molecule has 0 radical (unpaired) electrons. The topological polar surface area (TPSA) is 201 Å². The molecule has 0 aromatic heterocycles. The van der Waals surface area contributed by atoms with Crippen LogP contribution in [0, 0.1) is 5.92 Å². The molecule has 1 fully saturated rings. The fourth-order valence-corrected chi connectivity index (χ4v) is 7.93. The van der Waals surface area contributed by atoms with Crippen LogP contribution in [0.25, 0.3) is 0 Å². The molecule has 1 saturated heterocycles. The molecule has 11 nitrogen and oxygen atoms in total. The summed E-state index contributed by atoms with van der Waals surface area (Å²) in [5.74, 6) is -4.22. The number of aromatic hydroxyl groups is 8. The van der Waals surface area contributed by atoms with Crippen molar-refractivity contribution in [3.8, 4) is 51.7 Å². The van der Waals surface area contributed by atoms with Crippen LogP contribution in [0.3, 0.4) is 0 Å². The quantitative estimate of drug-likeness (QED) is 0.0657. The van der Waals surface area contributed by atoms with Crippen LogP contribution in [0.1, 0.15) is 96.2 Å². The molecule has 1 aliphatic carbocycles. The van der Waals surface area contributed by atoms with Gasteiger partial charge in [-0.15, -0.1) is 0 Å². The second kappa shape index (κ2) is 13.4. The van der Waals surface area contributed by atoms with Gasteiger partial charge < -0.3 is 50.3 Å². The summed E-state index contributed by atoms with van der Waals surface area (Å²) in [5.41, 5.74) is 3.25. The van der Waals surface area contributed by atoms with Crippen molar-refractivity contribution < 1.29 is 55.1 Å². The van der Waals surface area contributed by atoms with Crippen molar-refractivity contribution >= 4 is 5.78 Å². The van der Waals surface area contributed by atoms with Gasteiger partial charge in [-0.1, -0.05) is 29.4 Å². The number of rotatable bonds is 8. The van der Waals surface area contributed by atoms with Gasteiger partial charge in [0.2, 0.25) is 0 Å². The molecule has 52 heavy (non-hydrogen) atoms. The van der Waals surface area contributed by atoms with Gasteiger partial charge in [0.1, 0.15) is 69.5 Å². The number of benzene rings is 4. The molecule has 0 saturated carbocycles. The minimum atomic E-state index is -0.949. The zero-order valence-corrected chi connectivity index (χ0v) is 28.5. The first-order chi connectivity index (χ1) is 24.8. The lowest BCUT2D eigenvalue weighted by Crippen LogP contribution is -2.30. The maximum absolute atomic E-state index is 13.8. The SMILES string of the molecule is CC(C)=CCCC1=CC(c2c(O)cc3c(c2O)C(=O)CC(c2ccc(O)cc2O)O3)C(C2OC2c2ccc(O)cc2O)C(c2ccc(O)cc2O)C1. The minimum Gasteiger partial charge on any atom is -0.508 e. The molecular formula is C41H40O11. The minimum absolute atomic E-state index is 0.0680. The molecular weight excluding hydrogens is 668 g/mol. The van der Waals surface area contributed by atoms with Gasteiger partial charge >= 0.3 is 0 Å². The molecule has 7 rings (SSSR count). The molecule has 4 aromatic carbocycles. The van der Waals surface area contributed by atoms with E-state index in [4.69, 9.17) is 9.47 Å². The van der Waals surface area contributed by atoms with Crippen molar-refractivity contribution in [1.29, 1.82) is 0 Å². The highest BCUT2D eigenvalue weighted by molar-refractivity contribution is 6.03. The maximum Gasteiger partial charge on any atom is 0.174 e. The van der Waals surface area contributed by atoms with E-state index < -0.39 is 47.6 Å². The summed E-state index contributed by atoms with van der Waals surface area (Å²) in [6, 6.07) is 13.8. The first-order valence-electron chi connectivity index (χ1n) is 17.1. The third-order valence-electron chi connectivity index (χ3n) is 10.3. The monoisotopic (exact) mass is 708 g/mol. The molecule has 8 N–H and O–H groups in total. The van der Waals surface area contributed by atoms with E-state index in [1.54, 1.807) is 12.1 Å². The van der Waals surface area contributed by atoms with Crippen molar-refractivity contribution in [3.05, 3.63) is 112 Å². The van der Waals surface area contributed by atoms with Crippen molar-refractivity contribution in [3.63, 3.8) is 0 Å². The van der Waals surface area contributed by atoms with Crippen molar-refractivity contribution in [2.24, 2.45) is 5.92 Å². The highest BCUT2D eigenvalue weighted by Gasteiger charge is 2.55. The van der Waals surface area contributed by atoms with E-state index in [0.29, 0.717) is 30.4 Å². The number of carbonyl (C=O) groups is 1. The number of carbonyl (C=O) groups excluding carboxylic acids is 1. The number of Topliss-reactive ketones (excluding diaryl/α,β-unsaturated/α-hetero) is 1. The van der Waals surface area contributed by atoms with Crippen LogP contribution < -0.4 is 4.74 Å². The predicted octanol–water partition coefficient (Wildman–Crippen LogP) is 7.74. The average molecular weight is 709 g/mol. The lowest BCUT2D eigenvalue weighted by atomic mass is 9.65. The first kappa shape index (κ1) is 34.6. The standard InChI is InChI=1S/C41H40O11/c1-19(2)4-3-5-20-12-27(24-9-6-21(42)14-29(24)45)36(41-40(52-41)26-11-8-23(44)16-31(26)47)28(13-20)37-32(48)18-35-38(39(37)50)33(49)17-34(51-35)25-10-7-22(43)15-30(25)46/h4,6-11,13-16,18,27-28,34,36,40-48,50H,3,5,12,17H2,1-2H3. The van der Waals surface area contributed by atoms with Crippen LogP contribution in [0.4, 0.5) is 0 Å². The van der Waals surface area contributed by atoms with Gasteiger partial charge in [-0.25, -0.2) is 0 Å². The number of epoxide rings is 1. The van der Waals surface area contributed by atoms with Crippen molar-refractivity contribution in [2.75, 3.05) is 0 Å². The second-order valence-corrected chi connectivity index (χ2v) is 14.1. The van der Waals surface area contributed by atoms with E-state index in [-0.39, 0.29) is 69.1 Å². The number of hydrogen-bond donors (Lipinski definition) is 8. The summed E-state index contributed by atoms with van der Waals surface area (Å²) in [5, 5.41) is 85.9. The Morgan fingerprint density at radius 3 is 1.94 bits per heavy atom. The number of hydrogen-bond acceptors (Lipinski definition) is 11. The summed E-state index contributed by atoms with van der Waals surface area (Å²) in [6.45, 7) is 4.01. The van der Waals surface area contributed by atoms with E-state index in [0.717, 1.165) is 17.2 Å². The summed E-state index contributed by atoms with van der Waals surface area (Å²) < 4.78 is 12.3. The van der Waals surface area contributed by atoms with Gasteiger partial charge in [0.15, 0.2) is 5.78 Å². The van der Waals surface area contributed by atoms with Crippen LogP contribution in [0.2, 0.25) is 0 Å². The third-order valence-corrected chi connectivity index (χ3v) is 10.3. The van der Waals surface area contributed by atoms with E-state index in [1.165, 1.54) is 42.5 Å². The molecule has 3 aliphatic rings. The fraction of sp³-hybridized carbons (Fsp3) is 0.293. The molecule has 0 bridgehead atoms. The molecule has 2 aliphatic heterocycles. The fourth-order valence-electron chi connectivity index (χ4n) is 7.93. The van der Waals surface area contributed by atoms with Crippen molar-refractivity contribution in [2.45, 2.75) is 69.7 Å². The summed E-state index contributed by atoms with van der Waals surface area (Å²) in [4.78, 5) is 13.8. The number of phenolic OH excluding ortho intramolecular Hbond substituents is 8. The Balaban J connectivity index is 1.36. The Hall–Kier alpha value is -5.81. The van der Waals surface area contributed by atoms with Crippen molar-refractivity contribution in [1.82, 2.24) is 0 Å². The van der Waals surface area contributed by atoms with Crippen LogP contribution in [-0.4, -0.2) is 52.7 Å². The normalized spacial score (nSPS) is 23.7. The molecule has 270 valence electrons. The van der Waals surface area contributed by atoms with Gasteiger partial charge in [-0.2, -0.15) is 0 Å². The molecule has 4 aromatic rings. The Kier molecular flexibility index (Phi) is 8.92. The molecule has 6 atom stereocenters. The third kappa shape index (κ3) is 6.43. The zero-order valence-electron chi connectivity index (χ0n) is 28.5. The highest BCUT2D eigenvalue weighted by atomic mass is 16.6. The lowest BCUT2D eigenvalue weighted by molar-refractivity contribution is 0.0841. The Morgan fingerprint density at radius 1 is 0.750 bits per heavy atom.